The second-order valence-electron chi connectivity index (χ2n) is 7.12. The van der Waals surface area contributed by atoms with Gasteiger partial charge in [0.25, 0.3) is 0 Å². The predicted molar refractivity (Wildman–Crippen MR) is 114 cm³/mol. The molecule has 1 atom stereocenters. The van der Waals surface area contributed by atoms with Gasteiger partial charge in [-0.15, -0.1) is 0 Å². The SMILES string of the molecule is Cc1nc(NCc2ccccc2-c2ccco2)sc1-c1ccn([C@H]2CCOC2)n1. The highest BCUT2D eigenvalue weighted by molar-refractivity contribution is 7.19. The topological polar surface area (TPSA) is 65.1 Å². The van der Waals surface area contributed by atoms with Gasteiger partial charge in [-0.2, -0.15) is 5.10 Å². The van der Waals surface area contributed by atoms with E-state index < -0.39 is 0 Å². The molecule has 3 aromatic heterocycles. The highest BCUT2D eigenvalue weighted by Gasteiger charge is 2.20. The summed E-state index contributed by atoms with van der Waals surface area (Å²) in [6.45, 7) is 4.26. The fourth-order valence-corrected chi connectivity index (χ4v) is 4.55. The largest absolute Gasteiger partial charge is 0.464 e. The average Bonchev–Trinajstić information content (AvgIpc) is 3.54. The van der Waals surface area contributed by atoms with E-state index in [9.17, 15) is 0 Å². The van der Waals surface area contributed by atoms with Crippen LogP contribution in [-0.2, 0) is 11.3 Å². The fraction of sp³-hybridized carbons (Fsp3) is 0.273. The van der Waals surface area contributed by atoms with Gasteiger partial charge in [0, 0.05) is 24.9 Å². The third-order valence-electron chi connectivity index (χ3n) is 5.15. The number of thiazole rings is 1. The second kappa shape index (κ2) is 7.85. The standard InChI is InChI=1S/C22H22N4O2S/c1-15-21(19-8-10-26(25-19)17-9-12-27-14-17)29-22(24-15)23-13-16-5-2-3-6-18(16)20-7-4-11-28-20/h2-8,10-11,17H,9,12-14H2,1H3,(H,23,24)/t17-/m0/s1. The Labute approximate surface area is 173 Å². The molecule has 4 aromatic rings. The molecule has 4 heterocycles. The van der Waals surface area contributed by atoms with Crippen molar-refractivity contribution >= 4 is 16.5 Å². The van der Waals surface area contributed by atoms with Crippen molar-refractivity contribution in [2.24, 2.45) is 0 Å². The van der Waals surface area contributed by atoms with Crippen molar-refractivity contribution in [3.63, 3.8) is 0 Å². The Bertz CT molecular complexity index is 1090. The summed E-state index contributed by atoms with van der Waals surface area (Å²) in [7, 11) is 0. The van der Waals surface area contributed by atoms with Crippen LogP contribution in [0.15, 0.2) is 59.3 Å². The van der Waals surface area contributed by atoms with Gasteiger partial charge in [0.05, 0.1) is 29.5 Å². The molecule has 6 nitrogen and oxygen atoms in total. The summed E-state index contributed by atoms with van der Waals surface area (Å²) in [5.41, 5.74) is 4.22. The summed E-state index contributed by atoms with van der Waals surface area (Å²) in [4.78, 5) is 5.81. The number of hydrogen-bond acceptors (Lipinski definition) is 6. The van der Waals surface area contributed by atoms with Crippen molar-refractivity contribution in [3.8, 4) is 21.9 Å². The number of furan rings is 1. The monoisotopic (exact) mass is 406 g/mol. The van der Waals surface area contributed by atoms with Gasteiger partial charge in [0.1, 0.15) is 11.5 Å². The quantitative estimate of drug-likeness (QED) is 0.480. The first-order valence-electron chi connectivity index (χ1n) is 9.74. The van der Waals surface area contributed by atoms with Gasteiger partial charge in [-0.3, -0.25) is 4.68 Å². The lowest BCUT2D eigenvalue weighted by molar-refractivity contribution is 0.184. The number of ether oxygens (including phenoxy) is 1. The molecular formula is C22H22N4O2S. The van der Waals surface area contributed by atoms with E-state index in [2.05, 4.69) is 23.5 Å². The highest BCUT2D eigenvalue weighted by Crippen LogP contribution is 2.33. The minimum atomic E-state index is 0.340. The summed E-state index contributed by atoms with van der Waals surface area (Å²) < 4.78 is 13.1. The van der Waals surface area contributed by atoms with E-state index in [-0.39, 0.29) is 0 Å². The summed E-state index contributed by atoms with van der Waals surface area (Å²) in [5, 5.41) is 9.13. The molecule has 0 saturated carbocycles. The smallest absolute Gasteiger partial charge is 0.183 e. The van der Waals surface area contributed by atoms with Crippen LogP contribution in [0.2, 0.25) is 0 Å². The van der Waals surface area contributed by atoms with E-state index in [4.69, 9.17) is 19.2 Å². The summed E-state index contributed by atoms with van der Waals surface area (Å²) >= 11 is 1.64. The van der Waals surface area contributed by atoms with E-state index in [0.29, 0.717) is 12.6 Å². The number of aromatic nitrogens is 3. The van der Waals surface area contributed by atoms with Crippen molar-refractivity contribution < 1.29 is 9.15 Å². The minimum absolute atomic E-state index is 0.340. The van der Waals surface area contributed by atoms with Crippen LogP contribution in [0, 0.1) is 6.92 Å². The molecule has 1 aliphatic heterocycles. The molecule has 7 heteroatoms. The Balaban J connectivity index is 1.33. The van der Waals surface area contributed by atoms with Crippen LogP contribution in [-0.4, -0.2) is 28.0 Å². The Morgan fingerprint density at radius 2 is 2.14 bits per heavy atom. The Morgan fingerprint density at radius 1 is 1.21 bits per heavy atom. The lowest BCUT2D eigenvalue weighted by Crippen LogP contribution is -2.08. The first-order valence-corrected chi connectivity index (χ1v) is 10.6. The van der Waals surface area contributed by atoms with Gasteiger partial charge in [-0.25, -0.2) is 4.98 Å². The Hall–Kier alpha value is -2.90. The summed E-state index contributed by atoms with van der Waals surface area (Å²) in [6.07, 6.45) is 4.76. The maximum atomic E-state index is 5.58. The third kappa shape index (κ3) is 3.71. The van der Waals surface area contributed by atoms with E-state index in [0.717, 1.165) is 52.4 Å². The minimum Gasteiger partial charge on any atom is -0.464 e. The van der Waals surface area contributed by atoms with Crippen molar-refractivity contribution in [1.29, 1.82) is 0 Å². The Kier molecular flexibility index (Phi) is 4.91. The molecule has 0 aliphatic carbocycles. The first kappa shape index (κ1) is 18.1. The molecule has 5 rings (SSSR count). The first-order chi connectivity index (χ1) is 14.3. The van der Waals surface area contributed by atoms with Crippen molar-refractivity contribution in [2.75, 3.05) is 18.5 Å². The van der Waals surface area contributed by atoms with Crippen LogP contribution in [0.4, 0.5) is 5.13 Å². The molecule has 1 fully saturated rings. The molecule has 0 spiro atoms. The molecule has 0 radical (unpaired) electrons. The van der Waals surface area contributed by atoms with Crippen LogP contribution in [0.1, 0.15) is 23.7 Å². The maximum absolute atomic E-state index is 5.58. The predicted octanol–water partition coefficient (Wildman–Crippen LogP) is 5.15. The third-order valence-corrected chi connectivity index (χ3v) is 6.29. The maximum Gasteiger partial charge on any atom is 0.183 e. The normalized spacial score (nSPS) is 16.4. The lowest BCUT2D eigenvalue weighted by atomic mass is 10.1. The molecule has 1 saturated heterocycles. The summed E-state index contributed by atoms with van der Waals surface area (Å²) in [5.74, 6) is 0.875. The van der Waals surface area contributed by atoms with Crippen LogP contribution in [0.3, 0.4) is 0 Å². The van der Waals surface area contributed by atoms with Crippen molar-refractivity contribution in [1.82, 2.24) is 14.8 Å². The summed E-state index contributed by atoms with van der Waals surface area (Å²) in [6, 6.07) is 14.6. The second-order valence-corrected chi connectivity index (χ2v) is 8.12. The van der Waals surface area contributed by atoms with E-state index >= 15 is 0 Å². The molecule has 0 amide bonds. The van der Waals surface area contributed by atoms with Gasteiger partial charge in [-0.05, 0) is 37.1 Å². The van der Waals surface area contributed by atoms with Gasteiger partial charge >= 0.3 is 0 Å². The van der Waals surface area contributed by atoms with E-state index in [1.165, 1.54) is 5.56 Å². The van der Waals surface area contributed by atoms with E-state index in [1.54, 1.807) is 17.6 Å². The molecule has 0 bridgehead atoms. The average molecular weight is 407 g/mol. The van der Waals surface area contributed by atoms with Crippen LogP contribution in [0.5, 0.6) is 0 Å². The van der Waals surface area contributed by atoms with Crippen LogP contribution >= 0.6 is 11.3 Å². The van der Waals surface area contributed by atoms with Crippen LogP contribution in [0.25, 0.3) is 21.9 Å². The number of benzene rings is 1. The molecule has 148 valence electrons. The number of anilines is 1. The zero-order chi connectivity index (χ0) is 19.6. The van der Waals surface area contributed by atoms with Crippen molar-refractivity contribution in [3.05, 3.63) is 66.2 Å². The van der Waals surface area contributed by atoms with Gasteiger partial charge in [0.2, 0.25) is 0 Å². The zero-order valence-corrected chi connectivity index (χ0v) is 17.0. The fourth-order valence-electron chi connectivity index (χ4n) is 3.62. The Morgan fingerprint density at radius 3 is 2.97 bits per heavy atom. The van der Waals surface area contributed by atoms with Gasteiger partial charge < -0.3 is 14.5 Å². The molecule has 1 aromatic carbocycles. The lowest BCUT2D eigenvalue weighted by Gasteiger charge is -2.08. The molecule has 1 N–H and O–H groups in total. The molecule has 1 aliphatic rings. The van der Waals surface area contributed by atoms with Crippen molar-refractivity contribution in [2.45, 2.75) is 25.9 Å². The van der Waals surface area contributed by atoms with Gasteiger partial charge in [0.15, 0.2) is 5.13 Å². The highest BCUT2D eigenvalue weighted by atomic mass is 32.1. The molecular weight excluding hydrogens is 384 g/mol. The number of rotatable bonds is 6. The molecule has 29 heavy (non-hydrogen) atoms. The number of nitrogens with one attached hydrogen (secondary N) is 1. The number of nitrogens with zero attached hydrogens (tertiary/aromatic N) is 3. The molecule has 0 unspecified atom stereocenters. The van der Waals surface area contributed by atoms with Crippen LogP contribution < -0.4 is 5.32 Å². The number of aryl methyl sites for hydroxylation is 1. The zero-order valence-electron chi connectivity index (χ0n) is 16.2. The number of hydrogen-bond donors (Lipinski definition) is 1. The van der Waals surface area contributed by atoms with Gasteiger partial charge in [-0.1, -0.05) is 35.6 Å². The van der Waals surface area contributed by atoms with E-state index in [1.807, 2.05) is 42.1 Å².